The van der Waals surface area contributed by atoms with E-state index in [1.807, 2.05) is 0 Å². The molecular weight excluding hydrogens is 382 g/mol. The molecule has 3 amide bonds. The third-order valence-corrected chi connectivity index (χ3v) is 5.29. The molecule has 3 atom stereocenters. The van der Waals surface area contributed by atoms with Gasteiger partial charge in [0, 0.05) is 17.8 Å². The van der Waals surface area contributed by atoms with Crippen molar-refractivity contribution in [2.45, 2.75) is 38.6 Å². The number of nitrogens with zero attached hydrogens (tertiary/aromatic N) is 2. The van der Waals surface area contributed by atoms with Crippen LogP contribution in [0.1, 0.15) is 32.6 Å². The molecule has 154 valence electrons. The zero-order chi connectivity index (χ0) is 21.1. The molecular formula is C19H21N3O7. The van der Waals surface area contributed by atoms with Crippen molar-refractivity contribution in [3.63, 3.8) is 0 Å². The predicted molar refractivity (Wildman–Crippen MR) is 99.4 cm³/mol. The number of rotatable bonds is 6. The summed E-state index contributed by atoms with van der Waals surface area (Å²) < 4.78 is 4.95. The van der Waals surface area contributed by atoms with Crippen molar-refractivity contribution in [1.29, 1.82) is 0 Å². The van der Waals surface area contributed by atoms with Gasteiger partial charge in [-0.05, 0) is 25.8 Å². The van der Waals surface area contributed by atoms with Crippen LogP contribution >= 0.6 is 0 Å². The van der Waals surface area contributed by atoms with Crippen LogP contribution in [0.2, 0.25) is 0 Å². The summed E-state index contributed by atoms with van der Waals surface area (Å²) in [6.45, 7) is 0.753. The van der Waals surface area contributed by atoms with Crippen molar-refractivity contribution in [1.82, 2.24) is 4.90 Å². The predicted octanol–water partition coefficient (Wildman–Crippen LogP) is 1.64. The Hall–Kier alpha value is -3.30. The highest BCUT2D eigenvalue weighted by atomic mass is 16.6. The molecule has 2 aliphatic rings. The highest BCUT2D eigenvalue weighted by Crippen LogP contribution is 2.38. The Labute approximate surface area is 166 Å². The van der Waals surface area contributed by atoms with E-state index in [0.29, 0.717) is 12.8 Å². The van der Waals surface area contributed by atoms with Crippen molar-refractivity contribution in [2.24, 2.45) is 11.8 Å². The molecule has 10 nitrogen and oxygen atoms in total. The molecule has 0 aromatic heterocycles. The standard InChI is InChI=1S/C19H21N3O7/c1-11(21-17(24)14-7-2-3-8-15(14)18(21)25)19(26)29-10-16(23)20-12-5-4-6-13(9-12)22(27)28/h4-6,9,11,14-15H,2-3,7-8,10H2,1H3,(H,20,23)/t11-,14-,15-/m0/s1. The summed E-state index contributed by atoms with van der Waals surface area (Å²) in [5.74, 6) is -3.01. The van der Waals surface area contributed by atoms with Crippen molar-refractivity contribution in [3.8, 4) is 0 Å². The fourth-order valence-corrected chi connectivity index (χ4v) is 3.83. The molecule has 1 saturated carbocycles. The first kappa shape index (κ1) is 20.4. The Kier molecular flexibility index (Phi) is 5.90. The smallest absolute Gasteiger partial charge is 0.329 e. The number of nitro benzene ring substituents is 1. The second kappa shape index (κ2) is 8.38. The minimum absolute atomic E-state index is 0.183. The number of amides is 3. The van der Waals surface area contributed by atoms with E-state index in [2.05, 4.69) is 5.32 Å². The van der Waals surface area contributed by atoms with Gasteiger partial charge in [0.1, 0.15) is 6.04 Å². The molecule has 0 unspecified atom stereocenters. The number of hydrogen-bond acceptors (Lipinski definition) is 7. The maximum atomic E-state index is 12.5. The Morgan fingerprint density at radius 2 is 1.86 bits per heavy atom. The topological polar surface area (TPSA) is 136 Å². The van der Waals surface area contributed by atoms with Crippen molar-refractivity contribution in [2.75, 3.05) is 11.9 Å². The summed E-state index contributed by atoms with van der Waals surface area (Å²) in [6.07, 6.45) is 3.04. The van der Waals surface area contributed by atoms with E-state index in [0.717, 1.165) is 17.7 Å². The monoisotopic (exact) mass is 403 g/mol. The maximum Gasteiger partial charge on any atom is 0.329 e. The summed E-state index contributed by atoms with van der Waals surface area (Å²) in [5.41, 5.74) is -0.0109. The summed E-state index contributed by atoms with van der Waals surface area (Å²) in [4.78, 5) is 60.4. The third-order valence-electron chi connectivity index (χ3n) is 5.29. The number of carbonyl (C=O) groups excluding carboxylic acids is 4. The van der Waals surface area contributed by atoms with E-state index in [1.54, 1.807) is 0 Å². The number of anilines is 1. The number of hydrogen-bond donors (Lipinski definition) is 1. The summed E-state index contributed by atoms with van der Waals surface area (Å²) in [7, 11) is 0. The lowest BCUT2D eigenvalue weighted by molar-refractivity contribution is -0.384. The maximum absolute atomic E-state index is 12.5. The molecule has 1 aliphatic carbocycles. The molecule has 0 spiro atoms. The third kappa shape index (κ3) is 4.25. The van der Waals surface area contributed by atoms with Crippen LogP contribution in [0, 0.1) is 22.0 Å². The molecule has 1 heterocycles. The first-order chi connectivity index (χ1) is 13.8. The van der Waals surface area contributed by atoms with Crippen LogP contribution in [-0.2, 0) is 23.9 Å². The molecule has 1 aliphatic heterocycles. The molecule has 1 aromatic carbocycles. The van der Waals surface area contributed by atoms with E-state index in [1.165, 1.54) is 31.2 Å². The lowest BCUT2D eigenvalue weighted by Crippen LogP contribution is -2.45. The first-order valence-corrected chi connectivity index (χ1v) is 9.37. The van der Waals surface area contributed by atoms with E-state index < -0.39 is 29.4 Å². The fourth-order valence-electron chi connectivity index (χ4n) is 3.83. The number of likely N-dealkylation sites (tertiary alicyclic amines) is 1. The van der Waals surface area contributed by atoms with Gasteiger partial charge in [0.15, 0.2) is 6.61 Å². The van der Waals surface area contributed by atoms with Gasteiger partial charge in [-0.1, -0.05) is 18.9 Å². The number of non-ortho nitro benzene ring substituents is 1. The summed E-state index contributed by atoms with van der Waals surface area (Å²) in [5, 5.41) is 13.2. The Morgan fingerprint density at radius 1 is 1.24 bits per heavy atom. The van der Waals surface area contributed by atoms with Crippen LogP contribution in [0.25, 0.3) is 0 Å². The minimum atomic E-state index is -1.12. The molecule has 3 rings (SSSR count). The number of ether oxygens (including phenoxy) is 1. The van der Waals surface area contributed by atoms with E-state index >= 15 is 0 Å². The lowest BCUT2D eigenvalue weighted by Gasteiger charge is -2.21. The molecule has 1 saturated heterocycles. The van der Waals surface area contributed by atoms with Gasteiger partial charge in [-0.25, -0.2) is 4.79 Å². The first-order valence-electron chi connectivity index (χ1n) is 9.37. The van der Waals surface area contributed by atoms with Crippen molar-refractivity contribution >= 4 is 35.1 Å². The molecule has 1 N–H and O–H groups in total. The van der Waals surface area contributed by atoms with Gasteiger partial charge < -0.3 is 10.1 Å². The molecule has 0 radical (unpaired) electrons. The molecule has 2 fully saturated rings. The van der Waals surface area contributed by atoms with E-state index in [9.17, 15) is 29.3 Å². The van der Waals surface area contributed by atoms with Crippen LogP contribution in [0.5, 0.6) is 0 Å². The summed E-state index contributed by atoms with van der Waals surface area (Å²) in [6, 6.07) is 4.20. The number of benzene rings is 1. The highest BCUT2D eigenvalue weighted by molar-refractivity contribution is 6.08. The molecule has 29 heavy (non-hydrogen) atoms. The quantitative estimate of drug-likeness (QED) is 0.330. The minimum Gasteiger partial charge on any atom is -0.454 e. The van der Waals surface area contributed by atoms with Gasteiger partial charge in [-0.3, -0.25) is 29.4 Å². The largest absolute Gasteiger partial charge is 0.454 e. The second-order valence-electron chi connectivity index (χ2n) is 7.18. The average Bonchev–Trinajstić information content (AvgIpc) is 2.96. The second-order valence-corrected chi connectivity index (χ2v) is 7.18. The van der Waals surface area contributed by atoms with Crippen LogP contribution < -0.4 is 5.32 Å². The zero-order valence-corrected chi connectivity index (χ0v) is 15.8. The number of carbonyl (C=O) groups is 4. The Balaban J connectivity index is 1.55. The van der Waals surface area contributed by atoms with Gasteiger partial charge in [-0.15, -0.1) is 0 Å². The van der Waals surface area contributed by atoms with Crippen molar-refractivity contribution < 1.29 is 28.8 Å². The Morgan fingerprint density at radius 3 is 2.45 bits per heavy atom. The molecule has 10 heteroatoms. The van der Waals surface area contributed by atoms with Crippen LogP contribution in [0.4, 0.5) is 11.4 Å². The van der Waals surface area contributed by atoms with Gasteiger partial charge in [0.05, 0.1) is 16.8 Å². The number of nitrogens with one attached hydrogen (secondary N) is 1. The molecule has 0 bridgehead atoms. The number of esters is 1. The van der Waals surface area contributed by atoms with Gasteiger partial charge in [0.2, 0.25) is 11.8 Å². The normalized spacial score (nSPS) is 22.0. The fraction of sp³-hybridized carbons (Fsp3) is 0.474. The van der Waals surface area contributed by atoms with E-state index in [4.69, 9.17) is 4.74 Å². The SMILES string of the molecule is C[C@@H](C(=O)OCC(=O)Nc1cccc([N+](=O)[O-])c1)N1C(=O)[C@H]2CCCC[C@@H]2C1=O. The van der Waals surface area contributed by atoms with E-state index in [-0.39, 0.29) is 35.0 Å². The Bertz CT molecular complexity index is 845. The highest BCUT2D eigenvalue weighted by Gasteiger charge is 2.51. The number of imide groups is 1. The van der Waals surface area contributed by atoms with Crippen LogP contribution in [0.3, 0.4) is 0 Å². The van der Waals surface area contributed by atoms with Gasteiger partial charge >= 0.3 is 5.97 Å². The average molecular weight is 403 g/mol. The van der Waals surface area contributed by atoms with Crippen LogP contribution in [-0.4, -0.2) is 46.2 Å². The molecule has 1 aromatic rings. The lowest BCUT2D eigenvalue weighted by atomic mass is 9.81. The van der Waals surface area contributed by atoms with Gasteiger partial charge in [-0.2, -0.15) is 0 Å². The van der Waals surface area contributed by atoms with Crippen LogP contribution in [0.15, 0.2) is 24.3 Å². The zero-order valence-electron chi connectivity index (χ0n) is 15.8. The summed E-state index contributed by atoms with van der Waals surface area (Å²) >= 11 is 0. The number of nitro groups is 1. The number of fused-ring (bicyclic) bond motifs is 1. The van der Waals surface area contributed by atoms with Crippen molar-refractivity contribution in [3.05, 3.63) is 34.4 Å². The van der Waals surface area contributed by atoms with Gasteiger partial charge in [0.25, 0.3) is 11.6 Å².